The Kier molecular flexibility index (Phi) is 3.78. The lowest BCUT2D eigenvalue weighted by Crippen LogP contribution is -2.42. The van der Waals surface area contributed by atoms with Crippen LogP contribution in [0.25, 0.3) is 0 Å². The molecule has 0 bridgehead atoms. The van der Waals surface area contributed by atoms with Crippen molar-refractivity contribution in [3.8, 4) is 0 Å². The van der Waals surface area contributed by atoms with Crippen molar-refractivity contribution in [2.75, 3.05) is 20.2 Å². The monoisotopic (exact) mass is 281 g/mol. The molecule has 1 aromatic carbocycles. The first-order valence-corrected chi connectivity index (χ1v) is 7.35. The SMILES string of the molecule is CNCC1(Cc2ccc(F)cc2F)CCOC1C1CC1. The minimum absolute atomic E-state index is 0.0609. The molecule has 0 amide bonds. The highest BCUT2D eigenvalue weighted by molar-refractivity contribution is 5.22. The molecule has 1 aromatic rings. The molecule has 3 rings (SSSR count). The third-order valence-corrected chi connectivity index (χ3v) is 4.64. The molecule has 4 heteroatoms. The molecule has 1 aliphatic carbocycles. The van der Waals surface area contributed by atoms with Crippen LogP contribution in [0.3, 0.4) is 0 Å². The van der Waals surface area contributed by atoms with Gasteiger partial charge in [0.1, 0.15) is 11.6 Å². The highest BCUT2D eigenvalue weighted by Gasteiger charge is 2.50. The average molecular weight is 281 g/mol. The van der Waals surface area contributed by atoms with Crippen LogP contribution in [0, 0.1) is 23.0 Å². The zero-order valence-corrected chi connectivity index (χ0v) is 11.8. The molecule has 0 radical (unpaired) electrons. The summed E-state index contributed by atoms with van der Waals surface area (Å²) in [7, 11) is 1.92. The molecule has 2 unspecified atom stereocenters. The lowest BCUT2D eigenvalue weighted by molar-refractivity contribution is 0.0311. The molecule has 1 aliphatic heterocycles. The van der Waals surface area contributed by atoms with Crippen LogP contribution in [0.2, 0.25) is 0 Å². The zero-order valence-electron chi connectivity index (χ0n) is 11.8. The zero-order chi connectivity index (χ0) is 14.2. The average Bonchev–Trinajstić information content (AvgIpc) is 3.16. The summed E-state index contributed by atoms with van der Waals surface area (Å²) in [6.07, 6.45) is 4.18. The van der Waals surface area contributed by atoms with E-state index in [9.17, 15) is 8.78 Å². The predicted molar refractivity (Wildman–Crippen MR) is 73.5 cm³/mol. The van der Waals surface area contributed by atoms with E-state index in [1.165, 1.54) is 18.9 Å². The van der Waals surface area contributed by atoms with Crippen molar-refractivity contribution in [1.29, 1.82) is 0 Å². The molecule has 0 aromatic heterocycles. The summed E-state index contributed by atoms with van der Waals surface area (Å²) in [4.78, 5) is 0. The minimum atomic E-state index is -0.518. The summed E-state index contributed by atoms with van der Waals surface area (Å²) in [5.74, 6) is -0.341. The van der Waals surface area contributed by atoms with Gasteiger partial charge in [-0.1, -0.05) is 6.07 Å². The number of ether oxygens (including phenoxy) is 1. The molecule has 1 heterocycles. The van der Waals surface area contributed by atoms with Gasteiger partial charge in [-0.25, -0.2) is 8.78 Å². The van der Waals surface area contributed by atoms with E-state index in [0.717, 1.165) is 25.6 Å². The Morgan fingerprint density at radius 2 is 2.15 bits per heavy atom. The summed E-state index contributed by atoms with van der Waals surface area (Å²) in [6, 6.07) is 3.89. The van der Waals surface area contributed by atoms with E-state index in [2.05, 4.69) is 5.32 Å². The Balaban J connectivity index is 1.86. The molecule has 2 nitrogen and oxygen atoms in total. The fourth-order valence-corrected chi connectivity index (χ4v) is 3.58. The highest BCUT2D eigenvalue weighted by atomic mass is 19.1. The van der Waals surface area contributed by atoms with Crippen molar-refractivity contribution in [1.82, 2.24) is 5.32 Å². The van der Waals surface area contributed by atoms with Crippen LogP contribution in [-0.4, -0.2) is 26.3 Å². The number of benzene rings is 1. The van der Waals surface area contributed by atoms with Gasteiger partial charge < -0.3 is 10.1 Å². The molecular formula is C16H21F2NO. The molecule has 2 fully saturated rings. The van der Waals surface area contributed by atoms with E-state index in [1.807, 2.05) is 7.05 Å². The number of nitrogens with one attached hydrogen (secondary N) is 1. The van der Waals surface area contributed by atoms with Gasteiger partial charge in [-0.3, -0.25) is 0 Å². The Morgan fingerprint density at radius 1 is 1.35 bits per heavy atom. The van der Waals surface area contributed by atoms with Crippen LogP contribution in [0.4, 0.5) is 8.78 Å². The maximum Gasteiger partial charge on any atom is 0.129 e. The fraction of sp³-hybridized carbons (Fsp3) is 0.625. The van der Waals surface area contributed by atoms with Crippen LogP contribution in [0.1, 0.15) is 24.8 Å². The summed E-state index contributed by atoms with van der Waals surface area (Å²) < 4.78 is 32.9. The maximum atomic E-state index is 14.0. The Labute approximate surface area is 118 Å². The van der Waals surface area contributed by atoms with Crippen LogP contribution < -0.4 is 5.32 Å². The van der Waals surface area contributed by atoms with Crippen molar-refractivity contribution < 1.29 is 13.5 Å². The van der Waals surface area contributed by atoms with Gasteiger partial charge in [0.05, 0.1) is 6.10 Å². The summed E-state index contributed by atoms with van der Waals surface area (Å²) in [5.41, 5.74) is 0.534. The second-order valence-corrected chi connectivity index (χ2v) is 6.18. The van der Waals surface area contributed by atoms with Crippen molar-refractivity contribution >= 4 is 0 Å². The molecule has 2 aliphatic rings. The van der Waals surface area contributed by atoms with Gasteiger partial charge in [-0.2, -0.15) is 0 Å². The number of halogens is 2. The Bertz CT molecular complexity index is 489. The van der Waals surface area contributed by atoms with Gasteiger partial charge in [0, 0.05) is 24.6 Å². The molecule has 0 spiro atoms. The van der Waals surface area contributed by atoms with Crippen LogP contribution in [0.5, 0.6) is 0 Å². The van der Waals surface area contributed by atoms with Gasteiger partial charge in [0.15, 0.2) is 0 Å². The standard InChI is InChI=1S/C16H21F2NO/c1-19-10-16(6-7-20-15(16)11-2-3-11)9-12-4-5-13(17)8-14(12)18/h4-5,8,11,15,19H,2-3,6-7,9-10H2,1H3. The van der Waals surface area contributed by atoms with Gasteiger partial charge >= 0.3 is 0 Å². The molecule has 1 saturated carbocycles. The van der Waals surface area contributed by atoms with E-state index >= 15 is 0 Å². The fourth-order valence-electron chi connectivity index (χ4n) is 3.58. The van der Waals surface area contributed by atoms with Gasteiger partial charge in [0.2, 0.25) is 0 Å². The Hall–Kier alpha value is -1.00. The molecule has 1 saturated heterocycles. The number of hydrogen-bond donors (Lipinski definition) is 1. The first-order chi connectivity index (χ1) is 9.64. The largest absolute Gasteiger partial charge is 0.377 e. The third-order valence-electron chi connectivity index (χ3n) is 4.64. The topological polar surface area (TPSA) is 21.3 Å². The summed E-state index contributed by atoms with van der Waals surface area (Å²) in [6.45, 7) is 1.55. The molecule has 20 heavy (non-hydrogen) atoms. The van der Waals surface area contributed by atoms with Crippen LogP contribution in [0.15, 0.2) is 18.2 Å². The minimum Gasteiger partial charge on any atom is -0.377 e. The van der Waals surface area contributed by atoms with E-state index < -0.39 is 11.6 Å². The van der Waals surface area contributed by atoms with E-state index in [1.54, 1.807) is 6.07 Å². The quantitative estimate of drug-likeness (QED) is 0.896. The third kappa shape index (κ3) is 2.59. The number of rotatable bonds is 5. The highest BCUT2D eigenvalue weighted by Crippen LogP contribution is 2.49. The molecular weight excluding hydrogens is 260 g/mol. The van der Waals surface area contributed by atoms with E-state index in [0.29, 0.717) is 17.9 Å². The van der Waals surface area contributed by atoms with Crippen LogP contribution >= 0.6 is 0 Å². The van der Waals surface area contributed by atoms with Crippen molar-refractivity contribution in [3.05, 3.63) is 35.4 Å². The van der Waals surface area contributed by atoms with Gasteiger partial charge in [-0.05, 0) is 50.3 Å². The van der Waals surface area contributed by atoms with E-state index in [4.69, 9.17) is 4.74 Å². The van der Waals surface area contributed by atoms with Crippen molar-refractivity contribution in [3.63, 3.8) is 0 Å². The maximum absolute atomic E-state index is 14.0. The van der Waals surface area contributed by atoms with Crippen molar-refractivity contribution in [2.24, 2.45) is 11.3 Å². The first-order valence-electron chi connectivity index (χ1n) is 7.35. The Morgan fingerprint density at radius 3 is 2.80 bits per heavy atom. The second-order valence-electron chi connectivity index (χ2n) is 6.18. The van der Waals surface area contributed by atoms with E-state index in [-0.39, 0.29) is 11.5 Å². The molecule has 2 atom stereocenters. The van der Waals surface area contributed by atoms with Gasteiger partial charge in [-0.15, -0.1) is 0 Å². The molecule has 110 valence electrons. The lowest BCUT2D eigenvalue weighted by atomic mass is 9.74. The predicted octanol–water partition coefficient (Wildman–Crippen LogP) is 2.91. The summed E-state index contributed by atoms with van der Waals surface area (Å²) in [5, 5.41) is 3.24. The lowest BCUT2D eigenvalue weighted by Gasteiger charge is -2.34. The molecule has 1 N–H and O–H groups in total. The summed E-state index contributed by atoms with van der Waals surface area (Å²) >= 11 is 0. The second kappa shape index (κ2) is 5.41. The van der Waals surface area contributed by atoms with Crippen LogP contribution in [-0.2, 0) is 11.2 Å². The first kappa shape index (κ1) is 14.0. The normalized spacial score (nSPS) is 29.9. The van der Waals surface area contributed by atoms with Gasteiger partial charge in [0.25, 0.3) is 0 Å². The number of hydrogen-bond acceptors (Lipinski definition) is 2. The van der Waals surface area contributed by atoms with Crippen molar-refractivity contribution in [2.45, 2.75) is 31.8 Å². The smallest absolute Gasteiger partial charge is 0.129 e.